The Labute approximate surface area is 157 Å². The van der Waals surface area contributed by atoms with Crippen LogP contribution in [-0.4, -0.2) is 36.1 Å². The Morgan fingerprint density at radius 1 is 1.19 bits per heavy atom. The van der Waals surface area contributed by atoms with E-state index in [1.165, 1.54) is 16.0 Å². The number of hydrogen-bond acceptors (Lipinski definition) is 6. The van der Waals surface area contributed by atoms with Crippen LogP contribution in [0, 0.1) is 0 Å². The quantitative estimate of drug-likeness (QED) is 0.646. The number of thiophene rings is 1. The molecule has 134 valence electrons. The monoisotopic (exact) mass is 385 g/mol. The van der Waals surface area contributed by atoms with Crippen molar-refractivity contribution >= 4 is 21.2 Å². The molecular formula is C19H19N3O2S2. The molecule has 0 unspecified atom stereocenters. The number of nitrogens with zero attached hydrogens (tertiary/aromatic N) is 3. The van der Waals surface area contributed by atoms with E-state index >= 15 is 0 Å². The molecule has 5 nitrogen and oxygen atoms in total. The third-order valence-corrected chi connectivity index (χ3v) is 6.24. The number of hydrogen-bond donors (Lipinski definition) is 0. The summed E-state index contributed by atoms with van der Waals surface area (Å²) in [6.07, 6.45) is 3.55. The van der Waals surface area contributed by atoms with Crippen molar-refractivity contribution in [2.75, 3.05) is 12.8 Å². The third-order valence-electron chi connectivity index (χ3n) is 4.46. The molecule has 0 spiro atoms. The summed E-state index contributed by atoms with van der Waals surface area (Å²) < 4.78 is 23.2. The van der Waals surface area contributed by atoms with Gasteiger partial charge in [-0.2, -0.15) is 0 Å². The van der Waals surface area contributed by atoms with Crippen LogP contribution in [-0.2, 0) is 29.3 Å². The second-order valence-corrected chi connectivity index (χ2v) is 9.43. The summed E-state index contributed by atoms with van der Waals surface area (Å²) in [5, 5.41) is 2.12. The van der Waals surface area contributed by atoms with E-state index < -0.39 is 9.84 Å². The van der Waals surface area contributed by atoms with Crippen molar-refractivity contribution in [3.05, 3.63) is 64.1 Å². The molecule has 0 amide bonds. The van der Waals surface area contributed by atoms with Crippen LogP contribution in [0.15, 0.2) is 53.1 Å². The van der Waals surface area contributed by atoms with Crippen molar-refractivity contribution in [2.24, 2.45) is 0 Å². The van der Waals surface area contributed by atoms with Crippen LogP contribution in [0.4, 0.5) is 0 Å². The summed E-state index contributed by atoms with van der Waals surface area (Å²) in [5.74, 6) is 0. The van der Waals surface area contributed by atoms with Crippen LogP contribution >= 0.6 is 11.3 Å². The predicted molar refractivity (Wildman–Crippen MR) is 103 cm³/mol. The first kappa shape index (κ1) is 17.3. The van der Waals surface area contributed by atoms with Gasteiger partial charge in [0.15, 0.2) is 0 Å². The summed E-state index contributed by atoms with van der Waals surface area (Å²) in [6, 6.07) is 12.6. The number of rotatable bonds is 4. The van der Waals surface area contributed by atoms with Crippen molar-refractivity contribution in [2.45, 2.75) is 24.7 Å². The van der Waals surface area contributed by atoms with E-state index in [2.05, 4.69) is 50.6 Å². The molecule has 2 aromatic heterocycles. The lowest BCUT2D eigenvalue weighted by atomic mass is 10.1. The van der Waals surface area contributed by atoms with Gasteiger partial charge >= 0.3 is 0 Å². The normalized spacial score (nSPS) is 15.0. The molecule has 0 N–H and O–H groups in total. The van der Waals surface area contributed by atoms with Crippen LogP contribution in [0.5, 0.6) is 0 Å². The van der Waals surface area contributed by atoms with E-state index in [9.17, 15) is 8.42 Å². The van der Waals surface area contributed by atoms with E-state index in [-0.39, 0.29) is 5.16 Å². The molecule has 0 saturated carbocycles. The van der Waals surface area contributed by atoms with E-state index in [0.717, 1.165) is 43.6 Å². The minimum absolute atomic E-state index is 0.0736. The topological polar surface area (TPSA) is 63.2 Å². The summed E-state index contributed by atoms with van der Waals surface area (Å²) in [4.78, 5) is 11.9. The van der Waals surface area contributed by atoms with Gasteiger partial charge in [-0.15, -0.1) is 11.3 Å². The molecule has 0 saturated heterocycles. The Hall–Kier alpha value is -2.09. The molecule has 3 heterocycles. The molecule has 0 bridgehead atoms. The van der Waals surface area contributed by atoms with Crippen LogP contribution in [0.3, 0.4) is 0 Å². The van der Waals surface area contributed by atoms with Crippen LogP contribution in [0.1, 0.15) is 16.1 Å². The van der Waals surface area contributed by atoms with Gasteiger partial charge in [-0.25, -0.2) is 18.4 Å². The molecule has 26 heavy (non-hydrogen) atoms. The highest BCUT2D eigenvalue weighted by molar-refractivity contribution is 7.90. The van der Waals surface area contributed by atoms with Gasteiger partial charge in [0.2, 0.25) is 15.0 Å². The molecule has 0 aliphatic carbocycles. The van der Waals surface area contributed by atoms with E-state index in [4.69, 9.17) is 0 Å². The predicted octanol–water partition coefficient (Wildman–Crippen LogP) is 3.17. The van der Waals surface area contributed by atoms with Gasteiger partial charge < -0.3 is 0 Å². The zero-order valence-electron chi connectivity index (χ0n) is 14.4. The lowest BCUT2D eigenvalue weighted by Gasteiger charge is -2.27. The maximum absolute atomic E-state index is 11.6. The highest BCUT2D eigenvalue weighted by atomic mass is 32.2. The van der Waals surface area contributed by atoms with Crippen LogP contribution < -0.4 is 0 Å². The summed E-state index contributed by atoms with van der Waals surface area (Å²) in [6.45, 7) is 2.49. The number of sulfone groups is 1. The van der Waals surface area contributed by atoms with Gasteiger partial charge in [0, 0.05) is 48.9 Å². The van der Waals surface area contributed by atoms with Crippen LogP contribution in [0.2, 0.25) is 0 Å². The molecule has 1 aromatic carbocycles. The SMILES string of the molecule is CS(=O)(=O)c1ncc2c(n1)CCN(Cc1cc(-c3ccccc3)cs1)C2. The molecule has 7 heteroatoms. The summed E-state index contributed by atoms with van der Waals surface area (Å²) in [7, 11) is -3.36. The Balaban J connectivity index is 1.48. The molecule has 0 fully saturated rings. The first-order chi connectivity index (χ1) is 12.5. The first-order valence-electron chi connectivity index (χ1n) is 8.39. The minimum atomic E-state index is -3.36. The maximum atomic E-state index is 11.6. The third kappa shape index (κ3) is 3.70. The lowest BCUT2D eigenvalue weighted by molar-refractivity contribution is 0.244. The fourth-order valence-electron chi connectivity index (χ4n) is 3.14. The van der Waals surface area contributed by atoms with Gasteiger partial charge in [0.1, 0.15) is 0 Å². The van der Waals surface area contributed by atoms with Crippen molar-refractivity contribution in [3.63, 3.8) is 0 Å². The number of fused-ring (bicyclic) bond motifs is 1. The molecule has 0 atom stereocenters. The van der Waals surface area contributed by atoms with E-state index in [1.54, 1.807) is 17.5 Å². The van der Waals surface area contributed by atoms with Gasteiger partial charge in [-0.1, -0.05) is 30.3 Å². The van der Waals surface area contributed by atoms with Gasteiger partial charge in [0.05, 0.1) is 5.69 Å². The van der Waals surface area contributed by atoms with Crippen LogP contribution in [0.25, 0.3) is 11.1 Å². The minimum Gasteiger partial charge on any atom is -0.293 e. The average molecular weight is 386 g/mol. The zero-order chi connectivity index (χ0) is 18.1. The fraction of sp³-hybridized carbons (Fsp3) is 0.263. The van der Waals surface area contributed by atoms with Crippen molar-refractivity contribution in [1.29, 1.82) is 0 Å². The van der Waals surface area contributed by atoms with Crippen molar-refractivity contribution in [3.8, 4) is 11.1 Å². The van der Waals surface area contributed by atoms with Gasteiger partial charge in [-0.3, -0.25) is 4.90 Å². The Bertz CT molecular complexity index is 1030. The summed E-state index contributed by atoms with van der Waals surface area (Å²) >= 11 is 1.77. The second kappa shape index (κ2) is 6.90. The summed E-state index contributed by atoms with van der Waals surface area (Å²) in [5.41, 5.74) is 4.36. The highest BCUT2D eigenvalue weighted by Crippen LogP contribution is 2.27. The van der Waals surface area contributed by atoms with Gasteiger partial charge in [-0.05, 0) is 22.6 Å². The second-order valence-electron chi connectivity index (χ2n) is 6.53. The van der Waals surface area contributed by atoms with E-state index in [0.29, 0.717) is 0 Å². The Morgan fingerprint density at radius 3 is 2.77 bits per heavy atom. The molecule has 4 rings (SSSR count). The standard InChI is InChI=1S/C19H19N3O2S2/c1-26(23,24)19-20-10-16-11-22(8-7-18(16)21-19)12-17-9-15(13-25-17)14-5-3-2-4-6-14/h2-6,9-10,13H,7-8,11-12H2,1H3. The molecule has 3 aromatic rings. The molecule has 1 aliphatic rings. The molecule has 0 radical (unpaired) electrons. The Morgan fingerprint density at radius 2 is 2.00 bits per heavy atom. The van der Waals surface area contributed by atoms with Crippen molar-refractivity contribution < 1.29 is 8.42 Å². The largest absolute Gasteiger partial charge is 0.293 e. The molecular weight excluding hydrogens is 366 g/mol. The van der Waals surface area contributed by atoms with Gasteiger partial charge in [0.25, 0.3) is 0 Å². The zero-order valence-corrected chi connectivity index (χ0v) is 16.1. The fourth-order valence-corrected chi connectivity index (χ4v) is 4.59. The first-order valence-corrected chi connectivity index (χ1v) is 11.2. The average Bonchev–Trinajstić information content (AvgIpc) is 3.10. The maximum Gasteiger partial charge on any atom is 0.246 e. The smallest absolute Gasteiger partial charge is 0.246 e. The number of aromatic nitrogens is 2. The highest BCUT2D eigenvalue weighted by Gasteiger charge is 2.21. The Kier molecular flexibility index (Phi) is 4.60. The van der Waals surface area contributed by atoms with Crippen molar-refractivity contribution in [1.82, 2.24) is 14.9 Å². The van der Waals surface area contributed by atoms with E-state index in [1.807, 2.05) is 6.07 Å². The molecule has 1 aliphatic heterocycles. The lowest BCUT2D eigenvalue weighted by Crippen LogP contribution is -2.31. The number of benzene rings is 1.